The number of primary amides is 1. The molecular formula is C63H87N11O8S. The van der Waals surface area contributed by atoms with Crippen LogP contribution in [0.2, 0.25) is 0 Å². The first-order valence-electron chi connectivity index (χ1n) is 28.8. The second-order valence-corrected chi connectivity index (χ2v) is 25.4. The number of hydrogen-bond acceptors (Lipinski definition) is 11. The summed E-state index contributed by atoms with van der Waals surface area (Å²) in [5.74, 6) is -3.24. The van der Waals surface area contributed by atoms with Gasteiger partial charge >= 0.3 is 0 Å². The molecule has 1 aromatic heterocycles. The smallest absolute Gasteiger partial charge is 0.264 e. The van der Waals surface area contributed by atoms with E-state index in [0.717, 1.165) is 27.8 Å². The van der Waals surface area contributed by atoms with Gasteiger partial charge in [-0.15, -0.1) is 0 Å². The van der Waals surface area contributed by atoms with Gasteiger partial charge in [0.2, 0.25) is 35.5 Å². The van der Waals surface area contributed by atoms with E-state index in [1.54, 1.807) is 20.2 Å². The number of rotatable bonds is 27. The maximum Gasteiger partial charge on any atom is 0.264 e. The Labute approximate surface area is 490 Å². The number of aromatic nitrogens is 2. The highest BCUT2D eigenvalue weighted by Crippen LogP contribution is 2.43. The Morgan fingerprint density at radius 3 is 1.69 bits per heavy atom. The van der Waals surface area contributed by atoms with Gasteiger partial charge < -0.3 is 47.8 Å². The fraction of sp³-hybridized carbons (Fsp3) is 0.476. The summed E-state index contributed by atoms with van der Waals surface area (Å²) < 4.78 is 38.6. The number of hydrogen-bond donors (Lipinski definition) is 8. The number of carbonyl (C=O) groups excluding carboxylic acids is 5. The predicted molar refractivity (Wildman–Crippen MR) is 324 cm³/mol. The zero-order valence-corrected chi connectivity index (χ0v) is 50.9. The molecular weight excluding hydrogens is 1070 g/mol. The summed E-state index contributed by atoms with van der Waals surface area (Å²) in [5, 5.41) is 11.3. The summed E-state index contributed by atoms with van der Waals surface area (Å²) in [7, 11) is -4.21. The number of imidazole rings is 1. The molecule has 1 aliphatic rings. The number of ether oxygens (including phenoxy) is 1. The Morgan fingerprint density at radius 2 is 1.16 bits per heavy atom. The number of benzene rings is 4. The molecule has 6 rings (SSSR count). The first-order chi connectivity index (χ1) is 39.1. The first kappa shape index (κ1) is 64.6. The molecule has 11 N–H and O–H groups in total. The van der Waals surface area contributed by atoms with Crippen molar-refractivity contribution in [3.05, 3.63) is 148 Å². The summed E-state index contributed by atoms with van der Waals surface area (Å²) >= 11 is 0. The number of aliphatic imine (C=N–C) groups is 1. The van der Waals surface area contributed by atoms with Crippen molar-refractivity contribution < 1.29 is 37.1 Å². The fourth-order valence-corrected chi connectivity index (χ4v) is 12.4. The van der Waals surface area contributed by atoms with E-state index < -0.39 is 80.9 Å². The highest BCUT2D eigenvalue weighted by Gasteiger charge is 2.40. The number of sulfonamides is 1. The number of nitrogens with one attached hydrogen (secondary N) is 5. The number of nitrogens with zero attached hydrogens (tertiary/aromatic N) is 3. The molecule has 2 heterocycles. The van der Waals surface area contributed by atoms with Crippen LogP contribution >= 0.6 is 0 Å². The van der Waals surface area contributed by atoms with Crippen LogP contribution in [0.1, 0.15) is 139 Å². The first-order valence-corrected chi connectivity index (χ1v) is 30.2. The average Bonchev–Trinajstić information content (AvgIpc) is 2.12. The van der Waals surface area contributed by atoms with Crippen molar-refractivity contribution >= 4 is 45.5 Å². The second-order valence-electron chi connectivity index (χ2n) is 23.8. The molecule has 5 aromatic rings. The van der Waals surface area contributed by atoms with E-state index in [-0.39, 0.29) is 67.3 Å². The quantitative estimate of drug-likeness (QED) is 0.0126. The van der Waals surface area contributed by atoms with E-state index in [2.05, 4.69) is 31.0 Å². The molecule has 1 aliphatic heterocycles. The molecule has 4 aromatic carbocycles. The van der Waals surface area contributed by atoms with Gasteiger partial charge in [0.05, 0.1) is 23.0 Å². The van der Waals surface area contributed by atoms with Crippen molar-refractivity contribution in [2.45, 2.75) is 174 Å². The van der Waals surface area contributed by atoms with Gasteiger partial charge in [0.15, 0.2) is 0 Å². The Bertz CT molecular complexity index is 3100. The van der Waals surface area contributed by atoms with Crippen molar-refractivity contribution in [3.8, 4) is 5.75 Å². The molecule has 19 nitrogen and oxygen atoms in total. The summed E-state index contributed by atoms with van der Waals surface area (Å²) in [5.41, 5.74) is 22.9. The lowest BCUT2D eigenvalue weighted by molar-refractivity contribution is -0.135. The van der Waals surface area contributed by atoms with Gasteiger partial charge in [0, 0.05) is 19.2 Å². The molecule has 0 saturated heterocycles. The lowest BCUT2D eigenvalue weighted by Gasteiger charge is -2.37. The van der Waals surface area contributed by atoms with Gasteiger partial charge in [-0.05, 0) is 136 Å². The lowest BCUT2D eigenvalue weighted by Crippen LogP contribution is -2.59. The zero-order valence-electron chi connectivity index (χ0n) is 50.0. The number of fused-ring (bicyclic) bond motifs is 1. The maximum atomic E-state index is 14.8. The molecule has 5 atom stereocenters. The van der Waals surface area contributed by atoms with Crippen LogP contribution in [0, 0.1) is 38.5 Å². The SMILES string of the molecule is Cc1c(C)c(S(=O)(=O)NC(N)=NCCC[C@H](NC(=O)[C@@H](N)CC(C)C)C(=O)N[C@@H](CC(C)C)C(=O)N[C@@H](Cc2cn(C(c3ccccc3)(c3ccccc3)c3ccccc3)cn2)C(=O)N[C@@H](CC(C)C)C(N)=O)c(C)c2c1OC(C)(C)CC2. The number of nitrogens with two attached hydrogens (primary N) is 3. The third kappa shape index (κ3) is 16.4. The molecule has 20 heteroatoms. The number of guanidine groups is 1. The van der Waals surface area contributed by atoms with E-state index in [1.165, 1.54) is 0 Å². The summed E-state index contributed by atoms with van der Waals surface area (Å²) in [6.07, 6.45) is 5.55. The molecule has 448 valence electrons. The van der Waals surface area contributed by atoms with Gasteiger partial charge in [-0.2, -0.15) is 0 Å². The van der Waals surface area contributed by atoms with Crippen LogP contribution < -0.4 is 47.9 Å². The van der Waals surface area contributed by atoms with Crippen LogP contribution in [0.25, 0.3) is 0 Å². The van der Waals surface area contributed by atoms with Crippen LogP contribution in [-0.2, 0) is 52.4 Å². The van der Waals surface area contributed by atoms with E-state index in [9.17, 15) is 32.4 Å². The zero-order chi connectivity index (χ0) is 61.0. The minimum Gasteiger partial charge on any atom is -0.487 e. The van der Waals surface area contributed by atoms with Gasteiger partial charge in [-0.1, -0.05) is 133 Å². The lowest BCUT2D eigenvalue weighted by atomic mass is 9.77. The Balaban J connectivity index is 1.27. The van der Waals surface area contributed by atoms with E-state index in [4.69, 9.17) is 26.9 Å². The Hall–Kier alpha value is -7.58. The van der Waals surface area contributed by atoms with Crippen LogP contribution in [0.15, 0.2) is 113 Å². The van der Waals surface area contributed by atoms with Gasteiger partial charge in [-0.25, -0.2) is 18.1 Å². The van der Waals surface area contributed by atoms with Crippen molar-refractivity contribution in [1.29, 1.82) is 0 Å². The van der Waals surface area contributed by atoms with E-state index in [1.807, 2.05) is 164 Å². The third-order valence-corrected chi connectivity index (χ3v) is 16.8. The largest absolute Gasteiger partial charge is 0.487 e. The fourth-order valence-electron chi connectivity index (χ4n) is 10.9. The van der Waals surface area contributed by atoms with Crippen molar-refractivity contribution in [2.24, 2.45) is 39.9 Å². The summed E-state index contributed by atoms with van der Waals surface area (Å²) in [6, 6.07) is 24.1. The highest BCUT2D eigenvalue weighted by atomic mass is 32.2. The summed E-state index contributed by atoms with van der Waals surface area (Å²) in [6.45, 7) is 20.6. The summed E-state index contributed by atoms with van der Waals surface area (Å²) in [4.78, 5) is 79.5. The molecule has 0 unspecified atom stereocenters. The van der Waals surface area contributed by atoms with Gasteiger partial charge in [-0.3, -0.25) is 29.0 Å². The molecule has 0 saturated carbocycles. The molecule has 83 heavy (non-hydrogen) atoms. The molecule has 0 spiro atoms. The van der Waals surface area contributed by atoms with Crippen LogP contribution in [0.4, 0.5) is 0 Å². The van der Waals surface area contributed by atoms with Gasteiger partial charge in [0.1, 0.15) is 41.1 Å². The van der Waals surface area contributed by atoms with Gasteiger partial charge in [0.25, 0.3) is 10.0 Å². The predicted octanol–water partition coefficient (Wildman–Crippen LogP) is 6.26. The minimum atomic E-state index is -4.21. The molecule has 5 amide bonds. The molecule has 0 aliphatic carbocycles. The van der Waals surface area contributed by atoms with E-state index >= 15 is 0 Å². The minimum absolute atomic E-state index is 0.0153. The maximum absolute atomic E-state index is 14.8. The van der Waals surface area contributed by atoms with Crippen molar-refractivity contribution in [2.75, 3.05) is 6.54 Å². The molecule has 0 fully saturated rings. The average molecular weight is 1160 g/mol. The Kier molecular flexibility index (Phi) is 21.9. The van der Waals surface area contributed by atoms with E-state index in [0.29, 0.717) is 41.8 Å². The molecule has 0 bridgehead atoms. The van der Waals surface area contributed by atoms with Crippen molar-refractivity contribution in [1.82, 2.24) is 35.5 Å². The topological polar surface area (TPSA) is 297 Å². The van der Waals surface area contributed by atoms with Crippen LogP contribution in [0.3, 0.4) is 0 Å². The van der Waals surface area contributed by atoms with Crippen LogP contribution in [0.5, 0.6) is 5.75 Å². The Morgan fingerprint density at radius 1 is 0.675 bits per heavy atom. The highest BCUT2D eigenvalue weighted by molar-refractivity contribution is 7.90. The standard InChI is InChI=1S/C63H87N11O8S/c1-38(2)32-49(64)57(76)69-50(28-21-31-67-61(66)73-83(80,81)55-42(8)41(7)54-48(43(55)9)29-30-62(10,11)82-54)58(77)71-52(34-40(5)6)59(78)72-53(60(79)70-51(56(65)75)33-39(3)4)35-47-36-74(37-68-47)63(44-22-15-12-16-23-44,45-24-17-13-18-25-45)46-26-19-14-20-27-46/h12-20,22-27,36-40,49-53H,21,28-35,64H2,1-11H3,(H2,65,75)(H,69,76)(H,70,79)(H,71,77)(H,72,78)(H3,66,67,73)/t49-,50-,51-,52-,53-/m0/s1. The third-order valence-electron chi connectivity index (χ3n) is 15.2. The van der Waals surface area contributed by atoms with Crippen molar-refractivity contribution in [3.63, 3.8) is 0 Å². The normalized spacial score (nSPS) is 15.3. The number of carbonyl (C=O) groups is 5. The number of amides is 5. The van der Waals surface area contributed by atoms with Crippen LogP contribution in [-0.4, -0.2) is 95.8 Å². The second kappa shape index (κ2) is 28.1. The molecule has 0 radical (unpaired) electrons. The monoisotopic (exact) mass is 1160 g/mol.